The molecule has 1 heterocycles. The van der Waals surface area contributed by atoms with Gasteiger partial charge in [0.2, 0.25) is 0 Å². The third kappa shape index (κ3) is 2.36. The number of aryl methyl sites for hydroxylation is 2. The van der Waals surface area contributed by atoms with Crippen molar-refractivity contribution in [2.45, 2.75) is 23.8 Å². The lowest BCUT2D eigenvalue weighted by Crippen LogP contribution is -1.90. The number of pyridine rings is 1. The average molecular weight is 230 g/mol. The molecular weight excluding hydrogens is 216 g/mol. The molecule has 0 spiro atoms. The molecule has 3 heteroatoms. The molecule has 0 saturated carbocycles. The van der Waals surface area contributed by atoms with Crippen molar-refractivity contribution in [2.24, 2.45) is 0 Å². The number of nitrogens with two attached hydrogens (primary N) is 1. The van der Waals surface area contributed by atoms with Crippen LogP contribution in [0.25, 0.3) is 0 Å². The van der Waals surface area contributed by atoms with Crippen LogP contribution in [0.4, 0.5) is 5.69 Å². The summed E-state index contributed by atoms with van der Waals surface area (Å²) in [4.78, 5) is 5.44. The third-order valence-corrected chi connectivity index (χ3v) is 3.52. The highest BCUT2D eigenvalue weighted by Gasteiger charge is 2.03. The van der Waals surface area contributed by atoms with Crippen LogP contribution < -0.4 is 5.73 Å². The maximum Gasteiger partial charge on any atom is 0.124 e. The van der Waals surface area contributed by atoms with Crippen LogP contribution in [0, 0.1) is 13.8 Å². The Morgan fingerprint density at radius 2 is 1.94 bits per heavy atom. The molecule has 2 N–H and O–H groups in total. The van der Waals surface area contributed by atoms with Gasteiger partial charge in [0.25, 0.3) is 0 Å². The summed E-state index contributed by atoms with van der Waals surface area (Å²) < 4.78 is 0. The second-order valence-corrected chi connectivity index (χ2v) is 4.81. The first-order chi connectivity index (χ1) is 7.66. The van der Waals surface area contributed by atoms with E-state index in [0.717, 1.165) is 10.7 Å². The summed E-state index contributed by atoms with van der Waals surface area (Å²) in [5.74, 6) is 0. The highest BCUT2D eigenvalue weighted by molar-refractivity contribution is 7.99. The van der Waals surface area contributed by atoms with Crippen LogP contribution in [0.2, 0.25) is 0 Å². The van der Waals surface area contributed by atoms with Gasteiger partial charge in [0.15, 0.2) is 0 Å². The van der Waals surface area contributed by atoms with Crippen molar-refractivity contribution in [3.8, 4) is 0 Å². The molecule has 0 aliphatic heterocycles. The van der Waals surface area contributed by atoms with Gasteiger partial charge < -0.3 is 5.73 Å². The van der Waals surface area contributed by atoms with E-state index in [1.807, 2.05) is 12.1 Å². The maximum atomic E-state index is 5.85. The molecule has 82 valence electrons. The molecule has 0 unspecified atom stereocenters. The number of benzene rings is 1. The highest BCUT2D eigenvalue weighted by Crippen LogP contribution is 2.30. The SMILES string of the molecule is Cc1ccc(Sc2ncccc2N)cc1C. The van der Waals surface area contributed by atoms with Crippen molar-refractivity contribution < 1.29 is 0 Å². The van der Waals surface area contributed by atoms with Crippen LogP contribution in [-0.4, -0.2) is 4.98 Å². The number of nitrogens with zero attached hydrogens (tertiary/aromatic N) is 1. The fourth-order valence-electron chi connectivity index (χ4n) is 1.38. The Morgan fingerprint density at radius 1 is 1.12 bits per heavy atom. The monoisotopic (exact) mass is 230 g/mol. The van der Waals surface area contributed by atoms with E-state index in [9.17, 15) is 0 Å². The summed E-state index contributed by atoms with van der Waals surface area (Å²) in [6.45, 7) is 4.22. The zero-order valence-corrected chi connectivity index (χ0v) is 10.2. The van der Waals surface area contributed by atoms with Crippen LogP contribution in [0.3, 0.4) is 0 Å². The van der Waals surface area contributed by atoms with Crippen molar-refractivity contribution >= 4 is 17.4 Å². The molecule has 0 aliphatic rings. The van der Waals surface area contributed by atoms with Gasteiger partial charge in [0.05, 0.1) is 5.69 Å². The summed E-state index contributed by atoms with van der Waals surface area (Å²) in [7, 11) is 0. The minimum atomic E-state index is 0.728. The van der Waals surface area contributed by atoms with Crippen LogP contribution in [0.1, 0.15) is 11.1 Å². The summed E-state index contributed by atoms with van der Waals surface area (Å²) in [6, 6.07) is 10.1. The van der Waals surface area contributed by atoms with E-state index in [-0.39, 0.29) is 0 Å². The fraction of sp³-hybridized carbons (Fsp3) is 0.154. The van der Waals surface area contributed by atoms with Gasteiger partial charge in [-0.1, -0.05) is 17.8 Å². The second kappa shape index (κ2) is 4.58. The first kappa shape index (κ1) is 11.0. The number of hydrogen-bond acceptors (Lipinski definition) is 3. The van der Waals surface area contributed by atoms with Crippen LogP contribution in [0.15, 0.2) is 46.5 Å². The standard InChI is InChI=1S/C13H14N2S/c1-9-5-6-11(8-10(9)2)16-13-12(14)4-3-7-15-13/h3-8H,14H2,1-2H3. The number of anilines is 1. The Labute approximate surface area is 99.9 Å². The van der Waals surface area contributed by atoms with Crippen molar-refractivity contribution in [2.75, 3.05) is 5.73 Å². The predicted octanol–water partition coefficient (Wildman–Crippen LogP) is 3.43. The Bertz CT molecular complexity index is 509. The van der Waals surface area contributed by atoms with Gasteiger partial charge in [-0.3, -0.25) is 0 Å². The maximum absolute atomic E-state index is 5.85. The molecule has 2 nitrogen and oxygen atoms in total. The predicted molar refractivity (Wildman–Crippen MR) is 68.7 cm³/mol. The number of rotatable bonds is 2. The van der Waals surface area contributed by atoms with Crippen molar-refractivity contribution in [3.05, 3.63) is 47.7 Å². The smallest absolute Gasteiger partial charge is 0.124 e. The molecule has 16 heavy (non-hydrogen) atoms. The van der Waals surface area contributed by atoms with Crippen molar-refractivity contribution in [1.82, 2.24) is 4.98 Å². The topological polar surface area (TPSA) is 38.9 Å². The molecule has 0 amide bonds. The summed E-state index contributed by atoms with van der Waals surface area (Å²) in [5.41, 5.74) is 9.18. The van der Waals surface area contributed by atoms with E-state index in [1.54, 1.807) is 18.0 Å². The molecule has 1 aromatic carbocycles. The van der Waals surface area contributed by atoms with Crippen LogP contribution in [-0.2, 0) is 0 Å². The normalized spacial score (nSPS) is 10.4. The van der Waals surface area contributed by atoms with Crippen LogP contribution in [0.5, 0.6) is 0 Å². The highest BCUT2D eigenvalue weighted by atomic mass is 32.2. The van der Waals surface area contributed by atoms with E-state index >= 15 is 0 Å². The van der Waals surface area contributed by atoms with Gasteiger partial charge in [-0.2, -0.15) is 0 Å². The van der Waals surface area contributed by atoms with Crippen LogP contribution >= 0.6 is 11.8 Å². The second-order valence-electron chi connectivity index (χ2n) is 3.75. The van der Waals surface area contributed by atoms with Gasteiger partial charge in [-0.05, 0) is 49.2 Å². The molecule has 0 fully saturated rings. The van der Waals surface area contributed by atoms with E-state index < -0.39 is 0 Å². The number of nitrogen functional groups attached to an aromatic ring is 1. The molecule has 0 aliphatic carbocycles. The largest absolute Gasteiger partial charge is 0.397 e. The summed E-state index contributed by atoms with van der Waals surface area (Å²) in [5, 5.41) is 0.866. The Hall–Kier alpha value is -1.48. The Morgan fingerprint density at radius 3 is 2.62 bits per heavy atom. The van der Waals surface area contributed by atoms with Gasteiger partial charge in [0, 0.05) is 11.1 Å². The molecule has 1 aromatic heterocycles. The van der Waals surface area contributed by atoms with E-state index in [2.05, 4.69) is 37.0 Å². The number of aromatic nitrogens is 1. The molecule has 2 aromatic rings. The quantitative estimate of drug-likeness (QED) is 0.859. The third-order valence-electron chi connectivity index (χ3n) is 2.49. The number of hydrogen-bond donors (Lipinski definition) is 1. The fourth-order valence-corrected chi connectivity index (χ4v) is 2.27. The molecule has 0 saturated heterocycles. The lowest BCUT2D eigenvalue weighted by molar-refractivity contribution is 1.14. The lowest BCUT2D eigenvalue weighted by atomic mass is 10.1. The first-order valence-electron chi connectivity index (χ1n) is 5.12. The Balaban J connectivity index is 2.28. The molecule has 0 bridgehead atoms. The minimum absolute atomic E-state index is 0.728. The molecule has 0 radical (unpaired) electrons. The summed E-state index contributed by atoms with van der Waals surface area (Å²) in [6.07, 6.45) is 1.76. The Kier molecular flexibility index (Phi) is 3.15. The van der Waals surface area contributed by atoms with Gasteiger partial charge >= 0.3 is 0 Å². The molecule has 0 atom stereocenters. The molecule has 2 rings (SSSR count). The average Bonchev–Trinajstić information content (AvgIpc) is 2.27. The van der Waals surface area contributed by atoms with Gasteiger partial charge in [-0.15, -0.1) is 0 Å². The van der Waals surface area contributed by atoms with Gasteiger partial charge in [0.1, 0.15) is 5.03 Å². The van der Waals surface area contributed by atoms with E-state index in [1.165, 1.54) is 16.0 Å². The van der Waals surface area contributed by atoms with Crippen molar-refractivity contribution in [1.29, 1.82) is 0 Å². The zero-order valence-electron chi connectivity index (χ0n) is 9.40. The minimum Gasteiger partial charge on any atom is -0.397 e. The van der Waals surface area contributed by atoms with E-state index in [0.29, 0.717) is 0 Å². The van der Waals surface area contributed by atoms with E-state index in [4.69, 9.17) is 5.73 Å². The van der Waals surface area contributed by atoms with Crippen molar-refractivity contribution in [3.63, 3.8) is 0 Å². The van der Waals surface area contributed by atoms with Gasteiger partial charge in [-0.25, -0.2) is 4.98 Å². The first-order valence-corrected chi connectivity index (χ1v) is 5.94. The zero-order chi connectivity index (χ0) is 11.5. The molecular formula is C13H14N2S. The summed E-state index contributed by atoms with van der Waals surface area (Å²) >= 11 is 1.60. The lowest BCUT2D eigenvalue weighted by Gasteiger charge is -2.06.